The molecule has 3 aromatic rings. The Labute approximate surface area is 95.2 Å². The predicted octanol–water partition coefficient (Wildman–Crippen LogP) is -0.194. The van der Waals surface area contributed by atoms with Crippen molar-refractivity contribution in [2.45, 2.75) is 6.92 Å². The lowest BCUT2D eigenvalue weighted by atomic mass is 10.1. The molecule has 7 nitrogen and oxygen atoms in total. The molecule has 0 amide bonds. The smallest absolute Gasteiger partial charge is 0.296 e. The van der Waals surface area contributed by atoms with E-state index in [1.165, 1.54) is 11.6 Å². The molecule has 0 fully saturated rings. The van der Waals surface area contributed by atoms with Crippen LogP contribution in [0.4, 0.5) is 0 Å². The minimum absolute atomic E-state index is 0.260. The van der Waals surface area contributed by atoms with Crippen LogP contribution in [-0.4, -0.2) is 31.9 Å². The zero-order valence-electron chi connectivity index (χ0n) is 9.28. The Balaban J connectivity index is 2.71. The van der Waals surface area contributed by atoms with Crippen molar-refractivity contribution in [2.75, 3.05) is 7.11 Å². The highest BCUT2D eigenvalue weighted by atomic mass is 16.7. The highest BCUT2D eigenvalue weighted by molar-refractivity contribution is 5.82. The average molecular weight is 231 g/mol. The number of hydrogen-bond acceptors (Lipinski definition) is 5. The number of rotatable bonds is 1. The molecule has 0 aliphatic carbocycles. The van der Waals surface area contributed by atoms with Crippen LogP contribution in [-0.2, 0) is 0 Å². The van der Waals surface area contributed by atoms with Crippen LogP contribution in [0, 0.1) is 6.92 Å². The van der Waals surface area contributed by atoms with E-state index in [-0.39, 0.29) is 11.3 Å². The Morgan fingerprint density at radius 1 is 1.35 bits per heavy atom. The molecule has 0 N–H and O–H groups in total. The molecular weight excluding hydrogens is 222 g/mol. The highest BCUT2D eigenvalue weighted by Crippen LogP contribution is 2.14. The van der Waals surface area contributed by atoms with Crippen LogP contribution >= 0.6 is 0 Å². The van der Waals surface area contributed by atoms with Crippen LogP contribution in [0.15, 0.2) is 23.0 Å². The number of fused-ring (bicyclic) bond motifs is 3. The quantitative estimate of drug-likeness (QED) is 0.580. The van der Waals surface area contributed by atoms with Crippen molar-refractivity contribution in [1.29, 1.82) is 0 Å². The van der Waals surface area contributed by atoms with Gasteiger partial charge in [-0.2, -0.15) is 4.52 Å². The lowest BCUT2D eigenvalue weighted by Crippen LogP contribution is -2.28. The average Bonchev–Trinajstić information content (AvgIpc) is 2.78. The third kappa shape index (κ3) is 1.16. The number of aryl methyl sites for hydroxylation is 1. The van der Waals surface area contributed by atoms with Gasteiger partial charge in [-0.05, 0) is 29.0 Å². The number of hydrogen-bond donors (Lipinski definition) is 0. The molecule has 0 bridgehead atoms. The molecule has 1 aromatic carbocycles. The molecular formula is C10H9N5O2. The summed E-state index contributed by atoms with van der Waals surface area (Å²) in [5.41, 5.74) is 1.27. The van der Waals surface area contributed by atoms with E-state index in [1.807, 2.05) is 19.1 Å². The molecule has 0 aliphatic rings. The second-order valence-electron chi connectivity index (χ2n) is 3.64. The minimum atomic E-state index is -0.261. The van der Waals surface area contributed by atoms with Crippen LogP contribution < -0.4 is 10.4 Å². The fraction of sp³-hybridized carbons (Fsp3) is 0.200. The molecule has 0 atom stereocenters. The van der Waals surface area contributed by atoms with Crippen LogP contribution in [0.2, 0.25) is 0 Å². The van der Waals surface area contributed by atoms with Crippen LogP contribution in [0.1, 0.15) is 5.56 Å². The molecule has 0 saturated carbocycles. The third-order valence-electron chi connectivity index (χ3n) is 2.69. The monoisotopic (exact) mass is 231 g/mol. The molecule has 3 rings (SSSR count). The maximum Gasteiger partial charge on any atom is 0.296 e. The maximum atomic E-state index is 12.2. The largest absolute Gasteiger partial charge is 0.410 e. The fourth-order valence-electron chi connectivity index (χ4n) is 1.93. The highest BCUT2D eigenvalue weighted by Gasteiger charge is 2.14. The molecule has 2 aromatic heterocycles. The summed E-state index contributed by atoms with van der Waals surface area (Å²) in [6.07, 6.45) is 0. The molecule has 17 heavy (non-hydrogen) atoms. The zero-order chi connectivity index (χ0) is 12.0. The van der Waals surface area contributed by atoms with Crippen molar-refractivity contribution in [3.05, 3.63) is 34.1 Å². The van der Waals surface area contributed by atoms with Gasteiger partial charge in [0.25, 0.3) is 11.3 Å². The van der Waals surface area contributed by atoms with E-state index in [0.717, 1.165) is 10.3 Å². The Morgan fingerprint density at radius 2 is 2.18 bits per heavy atom. The maximum absolute atomic E-state index is 12.2. The summed E-state index contributed by atoms with van der Waals surface area (Å²) in [6, 6.07) is 5.52. The molecule has 0 unspecified atom stereocenters. The molecule has 0 spiro atoms. The normalized spacial score (nSPS) is 11.2. The van der Waals surface area contributed by atoms with Gasteiger partial charge in [0.15, 0.2) is 0 Å². The van der Waals surface area contributed by atoms with Gasteiger partial charge in [0.2, 0.25) is 0 Å². The van der Waals surface area contributed by atoms with E-state index in [1.54, 1.807) is 6.07 Å². The van der Waals surface area contributed by atoms with Gasteiger partial charge in [-0.15, -0.1) is 4.73 Å². The van der Waals surface area contributed by atoms with E-state index >= 15 is 0 Å². The van der Waals surface area contributed by atoms with Crippen LogP contribution in [0.5, 0.6) is 0 Å². The number of aromatic nitrogens is 5. The SMILES string of the molecule is COn1c(=O)c2c(C)cccc2n2nnnc12. The van der Waals surface area contributed by atoms with Gasteiger partial charge in [0.1, 0.15) is 7.11 Å². The van der Waals surface area contributed by atoms with Gasteiger partial charge in [-0.25, -0.2) is 0 Å². The van der Waals surface area contributed by atoms with Crippen molar-refractivity contribution in [3.8, 4) is 0 Å². The van der Waals surface area contributed by atoms with E-state index in [4.69, 9.17) is 4.84 Å². The lowest BCUT2D eigenvalue weighted by Gasteiger charge is -2.07. The first-order valence-corrected chi connectivity index (χ1v) is 5.01. The number of nitrogens with zero attached hydrogens (tertiary/aromatic N) is 5. The first kappa shape index (κ1) is 9.76. The molecule has 0 saturated heterocycles. The topological polar surface area (TPSA) is 74.3 Å². The van der Waals surface area contributed by atoms with Gasteiger partial charge in [-0.1, -0.05) is 17.2 Å². The van der Waals surface area contributed by atoms with Gasteiger partial charge in [0, 0.05) is 0 Å². The Kier molecular flexibility index (Phi) is 1.88. The molecule has 2 heterocycles. The van der Waals surface area contributed by atoms with Gasteiger partial charge >= 0.3 is 0 Å². The minimum Gasteiger partial charge on any atom is -0.410 e. The van der Waals surface area contributed by atoms with E-state index in [9.17, 15) is 4.79 Å². The van der Waals surface area contributed by atoms with E-state index in [0.29, 0.717) is 10.9 Å². The van der Waals surface area contributed by atoms with Crippen molar-refractivity contribution >= 4 is 16.7 Å². The summed E-state index contributed by atoms with van der Waals surface area (Å²) < 4.78 is 2.56. The molecule has 7 heteroatoms. The number of tetrazole rings is 1. The summed E-state index contributed by atoms with van der Waals surface area (Å²) >= 11 is 0. The van der Waals surface area contributed by atoms with Gasteiger partial charge in [-0.3, -0.25) is 4.79 Å². The summed E-state index contributed by atoms with van der Waals surface area (Å²) in [4.78, 5) is 17.2. The van der Waals surface area contributed by atoms with Crippen molar-refractivity contribution in [3.63, 3.8) is 0 Å². The second kappa shape index (κ2) is 3.27. The Bertz CT molecular complexity index is 773. The summed E-state index contributed by atoms with van der Waals surface area (Å²) in [6.45, 7) is 1.86. The van der Waals surface area contributed by atoms with Crippen LogP contribution in [0.3, 0.4) is 0 Å². The van der Waals surface area contributed by atoms with Crippen molar-refractivity contribution in [1.82, 2.24) is 24.8 Å². The van der Waals surface area contributed by atoms with E-state index in [2.05, 4.69) is 15.5 Å². The van der Waals surface area contributed by atoms with E-state index < -0.39 is 0 Å². The summed E-state index contributed by atoms with van der Waals surface area (Å²) in [7, 11) is 1.40. The zero-order valence-corrected chi connectivity index (χ0v) is 9.28. The Hall–Kier alpha value is -2.44. The van der Waals surface area contributed by atoms with Gasteiger partial charge < -0.3 is 4.84 Å². The van der Waals surface area contributed by atoms with Crippen molar-refractivity contribution < 1.29 is 4.84 Å². The van der Waals surface area contributed by atoms with Gasteiger partial charge in [0.05, 0.1) is 10.9 Å². The Morgan fingerprint density at radius 3 is 2.94 bits per heavy atom. The first-order chi connectivity index (χ1) is 8.24. The summed E-state index contributed by atoms with van der Waals surface area (Å²) in [5.74, 6) is 0.260. The predicted molar refractivity (Wildman–Crippen MR) is 59.8 cm³/mol. The molecule has 0 aliphatic heterocycles. The number of benzene rings is 1. The molecule has 86 valence electrons. The fourth-order valence-corrected chi connectivity index (χ4v) is 1.93. The summed E-state index contributed by atoms with van der Waals surface area (Å²) in [5, 5.41) is 11.7. The van der Waals surface area contributed by atoms with Crippen molar-refractivity contribution in [2.24, 2.45) is 0 Å². The second-order valence-corrected chi connectivity index (χ2v) is 3.64. The lowest BCUT2D eigenvalue weighted by molar-refractivity contribution is 0.165. The molecule has 0 radical (unpaired) electrons. The standard InChI is InChI=1S/C10H9N5O2/c1-6-4-3-5-7-8(6)9(16)15(17-2)10-11-12-13-14(7)10/h3-5H,1-2H3. The third-order valence-corrected chi connectivity index (χ3v) is 2.69. The van der Waals surface area contributed by atoms with Crippen LogP contribution in [0.25, 0.3) is 16.7 Å². The first-order valence-electron chi connectivity index (χ1n) is 5.01.